The van der Waals surface area contributed by atoms with Gasteiger partial charge in [-0.1, -0.05) is 19.8 Å². The van der Waals surface area contributed by atoms with Crippen LogP contribution in [-0.4, -0.2) is 15.0 Å². The average molecular weight is 283 g/mol. The molecule has 19 heavy (non-hydrogen) atoms. The average Bonchev–Trinajstić information content (AvgIpc) is 2.82. The highest BCUT2D eigenvalue weighted by Gasteiger charge is 2.25. The van der Waals surface area contributed by atoms with Gasteiger partial charge in [-0.25, -0.2) is 13.1 Å². The van der Waals surface area contributed by atoms with Gasteiger partial charge in [0.25, 0.3) is 0 Å². The van der Waals surface area contributed by atoms with E-state index in [-0.39, 0.29) is 4.90 Å². The Labute approximate surface area is 114 Å². The van der Waals surface area contributed by atoms with Crippen molar-refractivity contribution in [2.75, 3.05) is 12.0 Å². The van der Waals surface area contributed by atoms with Gasteiger partial charge < -0.3 is 5.43 Å². The third-order valence-corrected chi connectivity index (χ3v) is 5.35. The van der Waals surface area contributed by atoms with E-state index in [9.17, 15) is 8.42 Å². The number of anilines is 1. The van der Waals surface area contributed by atoms with Crippen molar-refractivity contribution in [2.24, 2.45) is 17.7 Å². The van der Waals surface area contributed by atoms with Crippen molar-refractivity contribution in [1.82, 2.24) is 4.72 Å². The predicted octanol–water partition coefficient (Wildman–Crippen LogP) is 1.69. The van der Waals surface area contributed by atoms with Gasteiger partial charge in [0, 0.05) is 12.2 Å². The summed E-state index contributed by atoms with van der Waals surface area (Å²) in [4.78, 5) is 0.275. The summed E-state index contributed by atoms with van der Waals surface area (Å²) in [5.74, 6) is 6.31. The van der Waals surface area contributed by atoms with Crippen LogP contribution in [0.2, 0.25) is 0 Å². The van der Waals surface area contributed by atoms with Crippen molar-refractivity contribution in [1.29, 1.82) is 0 Å². The fourth-order valence-corrected chi connectivity index (χ4v) is 3.65. The fourth-order valence-electron chi connectivity index (χ4n) is 2.56. The molecule has 0 aromatic heterocycles. The van der Waals surface area contributed by atoms with Crippen LogP contribution in [0.5, 0.6) is 0 Å². The Hall–Kier alpha value is -1.11. The summed E-state index contributed by atoms with van der Waals surface area (Å²) >= 11 is 0. The van der Waals surface area contributed by atoms with Crippen LogP contribution in [-0.2, 0) is 10.0 Å². The van der Waals surface area contributed by atoms with Crippen LogP contribution >= 0.6 is 0 Å². The first-order valence-corrected chi connectivity index (χ1v) is 8.07. The molecule has 1 fully saturated rings. The van der Waals surface area contributed by atoms with Crippen LogP contribution in [0, 0.1) is 11.8 Å². The van der Waals surface area contributed by atoms with Gasteiger partial charge in [0.2, 0.25) is 10.0 Å². The van der Waals surface area contributed by atoms with Crippen molar-refractivity contribution in [3.8, 4) is 0 Å². The second-order valence-electron chi connectivity index (χ2n) is 5.19. The second kappa shape index (κ2) is 5.90. The minimum atomic E-state index is -3.41. The van der Waals surface area contributed by atoms with Crippen LogP contribution in [0.25, 0.3) is 0 Å². The number of benzene rings is 1. The molecule has 1 aliphatic rings. The zero-order valence-corrected chi connectivity index (χ0v) is 11.9. The topological polar surface area (TPSA) is 84.2 Å². The van der Waals surface area contributed by atoms with E-state index in [0.717, 1.165) is 6.42 Å². The molecule has 1 aliphatic carbocycles. The Morgan fingerprint density at radius 1 is 1.26 bits per heavy atom. The van der Waals surface area contributed by atoms with Crippen LogP contribution < -0.4 is 16.0 Å². The summed E-state index contributed by atoms with van der Waals surface area (Å²) in [6.07, 6.45) is 3.51. The van der Waals surface area contributed by atoms with E-state index in [0.29, 0.717) is 24.1 Å². The molecule has 2 atom stereocenters. The predicted molar refractivity (Wildman–Crippen MR) is 75.9 cm³/mol. The lowest BCUT2D eigenvalue weighted by atomic mass is 9.99. The molecule has 1 saturated carbocycles. The molecule has 1 aromatic carbocycles. The number of nitrogens with one attached hydrogen (secondary N) is 2. The van der Waals surface area contributed by atoms with Crippen LogP contribution in [0.3, 0.4) is 0 Å². The van der Waals surface area contributed by atoms with Gasteiger partial charge in [-0.2, -0.15) is 0 Å². The molecule has 0 radical (unpaired) electrons. The SMILES string of the molecule is CC1CCCC1CNS(=O)(=O)c1ccc(NN)cc1. The summed E-state index contributed by atoms with van der Waals surface area (Å²) in [5, 5.41) is 0. The lowest BCUT2D eigenvalue weighted by Crippen LogP contribution is -2.30. The number of sulfonamides is 1. The number of hydrogen-bond donors (Lipinski definition) is 3. The first-order chi connectivity index (χ1) is 9.03. The molecule has 2 unspecified atom stereocenters. The highest BCUT2D eigenvalue weighted by atomic mass is 32.2. The van der Waals surface area contributed by atoms with E-state index in [2.05, 4.69) is 17.1 Å². The molecule has 5 nitrogen and oxygen atoms in total. The maximum absolute atomic E-state index is 12.1. The molecule has 0 saturated heterocycles. The standard InChI is InChI=1S/C13H21N3O2S/c1-10-3-2-4-11(10)9-15-19(17,18)13-7-5-12(16-14)6-8-13/h5-8,10-11,15-16H,2-4,9,14H2,1H3. The van der Waals surface area contributed by atoms with Gasteiger partial charge in [-0.15, -0.1) is 0 Å². The van der Waals surface area contributed by atoms with Gasteiger partial charge in [0.05, 0.1) is 4.90 Å². The Morgan fingerprint density at radius 3 is 2.47 bits per heavy atom. The summed E-state index contributed by atoms with van der Waals surface area (Å²) < 4.78 is 27.0. The first kappa shape index (κ1) is 14.3. The van der Waals surface area contributed by atoms with Crippen molar-refractivity contribution < 1.29 is 8.42 Å². The number of rotatable bonds is 5. The molecular weight excluding hydrogens is 262 g/mol. The Bertz CT molecular complexity index is 513. The molecule has 0 bridgehead atoms. The molecule has 6 heteroatoms. The second-order valence-corrected chi connectivity index (χ2v) is 6.96. The van der Waals surface area contributed by atoms with Crippen molar-refractivity contribution in [3.63, 3.8) is 0 Å². The quantitative estimate of drug-likeness (QED) is 0.567. The maximum Gasteiger partial charge on any atom is 0.240 e. The zero-order chi connectivity index (χ0) is 13.9. The van der Waals surface area contributed by atoms with E-state index in [1.165, 1.54) is 12.8 Å². The van der Waals surface area contributed by atoms with E-state index in [1.54, 1.807) is 24.3 Å². The highest BCUT2D eigenvalue weighted by molar-refractivity contribution is 7.89. The molecule has 4 N–H and O–H groups in total. The van der Waals surface area contributed by atoms with Gasteiger partial charge in [0.15, 0.2) is 0 Å². The van der Waals surface area contributed by atoms with E-state index < -0.39 is 10.0 Å². The van der Waals surface area contributed by atoms with E-state index in [4.69, 9.17) is 5.84 Å². The summed E-state index contributed by atoms with van der Waals surface area (Å²) in [6.45, 7) is 2.72. The highest BCUT2D eigenvalue weighted by Crippen LogP contribution is 2.30. The van der Waals surface area contributed by atoms with Crippen molar-refractivity contribution in [2.45, 2.75) is 31.1 Å². The molecule has 0 heterocycles. The molecule has 0 aliphatic heterocycles. The number of nitrogen functional groups attached to an aromatic ring is 1. The molecule has 1 aromatic rings. The minimum absolute atomic E-state index is 0.275. The Morgan fingerprint density at radius 2 is 1.95 bits per heavy atom. The van der Waals surface area contributed by atoms with Crippen LogP contribution in [0.4, 0.5) is 5.69 Å². The van der Waals surface area contributed by atoms with Gasteiger partial charge in [0.1, 0.15) is 0 Å². The fraction of sp³-hybridized carbons (Fsp3) is 0.538. The molecule has 0 spiro atoms. The molecule has 2 rings (SSSR count). The Balaban J connectivity index is 2.01. The Kier molecular flexibility index (Phi) is 4.44. The summed E-state index contributed by atoms with van der Waals surface area (Å²) in [7, 11) is -3.41. The zero-order valence-electron chi connectivity index (χ0n) is 11.1. The largest absolute Gasteiger partial charge is 0.324 e. The third-order valence-electron chi connectivity index (χ3n) is 3.91. The first-order valence-electron chi connectivity index (χ1n) is 6.59. The monoisotopic (exact) mass is 283 g/mol. The molecule has 106 valence electrons. The van der Waals surface area contributed by atoms with Gasteiger partial charge in [-0.3, -0.25) is 5.84 Å². The number of hydrogen-bond acceptors (Lipinski definition) is 4. The maximum atomic E-state index is 12.1. The third kappa shape index (κ3) is 3.46. The summed E-state index contributed by atoms with van der Waals surface area (Å²) in [5.41, 5.74) is 3.16. The normalized spacial score (nSPS) is 23.5. The van der Waals surface area contributed by atoms with Gasteiger partial charge >= 0.3 is 0 Å². The minimum Gasteiger partial charge on any atom is -0.324 e. The van der Waals surface area contributed by atoms with Gasteiger partial charge in [-0.05, 0) is 42.5 Å². The van der Waals surface area contributed by atoms with Crippen LogP contribution in [0.15, 0.2) is 29.2 Å². The van der Waals surface area contributed by atoms with Crippen molar-refractivity contribution >= 4 is 15.7 Å². The lowest BCUT2D eigenvalue weighted by Gasteiger charge is -2.16. The summed E-state index contributed by atoms with van der Waals surface area (Å²) in [6, 6.07) is 6.39. The van der Waals surface area contributed by atoms with Crippen LogP contribution in [0.1, 0.15) is 26.2 Å². The smallest absolute Gasteiger partial charge is 0.240 e. The molecular formula is C13H21N3O2S. The molecule has 0 amide bonds. The lowest BCUT2D eigenvalue weighted by molar-refractivity contribution is 0.414. The van der Waals surface area contributed by atoms with E-state index >= 15 is 0 Å². The number of hydrazine groups is 1. The number of nitrogens with two attached hydrogens (primary N) is 1. The van der Waals surface area contributed by atoms with E-state index in [1.807, 2.05) is 0 Å². The van der Waals surface area contributed by atoms with Crippen molar-refractivity contribution in [3.05, 3.63) is 24.3 Å².